The fraction of sp³-hybridized carbons (Fsp3) is 0.217. The summed E-state index contributed by atoms with van der Waals surface area (Å²) < 4.78 is 0. The first-order chi connectivity index (χ1) is 13.2. The Balaban J connectivity index is 1.64. The molecule has 1 unspecified atom stereocenters. The lowest BCUT2D eigenvalue weighted by atomic mass is 9.87. The topological polar surface area (TPSA) is 42.0 Å². The molecule has 1 aliphatic rings. The number of rotatable bonds is 4. The molecule has 1 aromatic heterocycles. The lowest BCUT2D eigenvalue weighted by Crippen LogP contribution is -2.32. The van der Waals surface area contributed by atoms with Gasteiger partial charge in [0.1, 0.15) is 5.69 Å². The van der Waals surface area contributed by atoms with Crippen LogP contribution in [0.1, 0.15) is 46.1 Å². The lowest BCUT2D eigenvalue weighted by molar-refractivity contribution is 0.0926. The molecule has 0 radical (unpaired) electrons. The third-order valence-electron chi connectivity index (χ3n) is 4.94. The number of carbonyl (C=O) groups is 1. The highest BCUT2D eigenvalue weighted by molar-refractivity contribution is 7.99. The summed E-state index contributed by atoms with van der Waals surface area (Å²) in [6.07, 6.45) is 4.77. The number of nitrogens with zero attached hydrogens (tertiary/aromatic N) is 1. The van der Waals surface area contributed by atoms with Gasteiger partial charge < -0.3 is 5.32 Å². The van der Waals surface area contributed by atoms with E-state index >= 15 is 0 Å². The van der Waals surface area contributed by atoms with Crippen LogP contribution in [0.3, 0.4) is 0 Å². The molecule has 4 rings (SSSR count). The van der Waals surface area contributed by atoms with Crippen LogP contribution < -0.4 is 5.32 Å². The van der Waals surface area contributed by atoms with Gasteiger partial charge in [0.25, 0.3) is 5.91 Å². The van der Waals surface area contributed by atoms with Crippen molar-refractivity contribution in [3.63, 3.8) is 0 Å². The molecule has 136 valence electrons. The quantitative estimate of drug-likeness (QED) is 0.669. The highest BCUT2D eigenvalue weighted by Crippen LogP contribution is 2.39. The minimum atomic E-state index is -0.0922. The summed E-state index contributed by atoms with van der Waals surface area (Å²) in [7, 11) is 0. The summed E-state index contributed by atoms with van der Waals surface area (Å²) in [5.41, 5.74) is 4.01. The van der Waals surface area contributed by atoms with E-state index < -0.39 is 0 Å². The van der Waals surface area contributed by atoms with Crippen molar-refractivity contribution in [1.82, 2.24) is 10.3 Å². The van der Waals surface area contributed by atoms with E-state index in [0.717, 1.165) is 24.8 Å². The zero-order valence-electron chi connectivity index (χ0n) is 15.3. The maximum absolute atomic E-state index is 12.8. The van der Waals surface area contributed by atoms with Gasteiger partial charge in [0, 0.05) is 16.0 Å². The van der Waals surface area contributed by atoms with E-state index in [9.17, 15) is 4.79 Å². The zero-order chi connectivity index (χ0) is 18.6. The van der Waals surface area contributed by atoms with Gasteiger partial charge in [0.2, 0.25) is 0 Å². The second-order valence-corrected chi connectivity index (χ2v) is 7.95. The van der Waals surface area contributed by atoms with Gasteiger partial charge in [-0.2, -0.15) is 0 Å². The monoisotopic (exact) mass is 374 g/mol. The third-order valence-corrected chi connectivity index (χ3v) is 6.03. The van der Waals surface area contributed by atoms with Crippen LogP contribution >= 0.6 is 11.8 Å². The number of carbonyl (C=O) groups excluding carboxylic acids is 1. The number of nitrogens with one attached hydrogen (secondary N) is 1. The Morgan fingerprint density at radius 2 is 1.93 bits per heavy atom. The summed E-state index contributed by atoms with van der Waals surface area (Å²) >= 11 is 1.77. The SMILES string of the molecule is Cc1cccnc1C(=O)NC1CCCc2cccc(Sc3ccccc3)c21. The highest BCUT2D eigenvalue weighted by atomic mass is 32.2. The predicted octanol–water partition coefficient (Wildman–Crippen LogP) is 5.35. The van der Waals surface area contributed by atoms with Gasteiger partial charge in [-0.1, -0.05) is 48.2 Å². The van der Waals surface area contributed by atoms with E-state index in [1.165, 1.54) is 20.9 Å². The van der Waals surface area contributed by atoms with Crippen LogP contribution in [0.25, 0.3) is 0 Å². The number of amides is 1. The fourth-order valence-electron chi connectivity index (χ4n) is 3.64. The summed E-state index contributed by atoms with van der Waals surface area (Å²) in [5.74, 6) is -0.0922. The van der Waals surface area contributed by atoms with Crippen LogP contribution in [0.15, 0.2) is 76.7 Å². The van der Waals surface area contributed by atoms with Crippen LogP contribution in [-0.2, 0) is 6.42 Å². The van der Waals surface area contributed by atoms with Gasteiger partial charge in [0.05, 0.1) is 6.04 Å². The van der Waals surface area contributed by atoms with Crippen molar-refractivity contribution in [1.29, 1.82) is 0 Å². The molecule has 1 heterocycles. The number of hydrogen-bond acceptors (Lipinski definition) is 3. The van der Waals surface area contributed by atoms with Gasteiger partial charge >= 0.3 is 0 Å². The van der Waals surface area contributed by atoms with E-state index in [4.69, 9.17) is 0 Å². The van der Waals surface area contributed by atoms with Gasteiger partial charge in [-0.3, -0.25) is 9.78 Å². The van der Waals surface area contributed by atoms with Crippen molar-refractivity contribution in [2.45, 2.75) is 42.0 Å². The summed E-state index contributed by atoms with van der Waals surface area (Å²) in [5, 5.41) is 3.24. The molecular formula is C23H22N2OS. The standard InChI is InChI=1S/C23H22N2OS/c1-16-8-7-15-24-22(16)23(26)25-19-13-5-9-17-10-6-14-20(21(17)19)27-18-11-3-2-4-12-18/h2-4,6-8,10-12,14-15,19H,5,9,13H2,1H3,(H,25,26). The first-order valence-corrected chi connectivity index (χ1v) is 10.1. The van der Waals surface area contributed by atoms with E-state index in [0.29, 0.717) is 5.69 Å². The lowest BCUT2D eigenvalue weighted by Gasteiger charge is -2.28. The minimum absolute atomic E-state index is 0.0232. The van der Waals surface area contributed by atoms with Crippen molar-refractivity contribution >= 4 is 17.7 Å². The molecule has 0 fully saturated rings. The molecule has 0 spiro atoms. The summed E-state index contributed by atoms with van der Waals surface area (Å²) in [6, 6.07) is 20.7. The molecule has 1 N–H and O–H groups in total. The van der Waals surface area contributed by atoms with Crippen molar-refractivity contribution < 1.29 is 4.79 Å². The van der Waals surface area contributed by atoms with Gasteiger partial charge in [0.15, 0.2) is 0 Å². The maximum atomic E-state index is 12.8. The molecule has 3 aromatic rings. The zero-order valence-corrected chi connectivity index (χ0v) is 16.1. The van der Waals surface area contributed by atoms with Crippen LogP contribution in [0.2, 0.25) is 0 Å². The number of fused-ring (bicyclic) bond motifs is 1. The second kappa shape index (κ2) is 7.97. The molecular weight excluding hydrogens is 352 g/mol. The average molecular weight is 375 g/mol. The maximum Gasteiger partial charge on any atom is 0.270 e. The number of benzene rings is 2. The molecule has 0 saturated heterocycles. The van der Waals surface area contributed by atoms with Gasteiger partial charge in [-0.25, -0.2) is 0 Å². The molecule has 0 aliphatic heterocycles. The Hall–Kier alpha value is -2.59. The van der Waals surface area contributed by atoms with Crippen LogP contribution in [-0.4, -0.2) is 10.9 Å². The Bertz CT molecular complexity index is 956. The molecule has 0 saturated carbocycles. The molecule has 1 aliphatic carbocycles. The highest BCUT2D eigenvalue weighted by Gasteiger charge is 2.26. The number of aromatic nitrogens is 1. The smallest absolute Gasteiger partial charge is 0.270 e. The Morgan fingerprint density at radius 3 is 2.74 bits per heavy atom. The van der Waals surface area contributed by atoms with Crippen LogP contribution in [0, 0.1) is 6.92 Å². The fourth-order valence-corrected chi connectivity index (χ4v) is 4.72. The van der Waals surface area contributed by atoms with Crippen LogP contribution in [0.4, 0.5) is 0 Å². The summed E-state index contributed by atoms with van der Waals surface area (Å²) in [4.78, 5) is 19.5. The molecule has 0 bridgehead atoms. The molecule has 4 heteroatoms. The molecule has 1 amide bonds. The average Bonchev–Trinajstić information content (AvgIpc) is 2.69. The predicted molar refractivity (Wildman–Crippen MR) is 109 cm³/mol. The largest absolute Gasteiger partial charge is 0.344 e. The number of pyridine rings is 1. The van der Waals surface area contributed by atoms with Gasteiger partial charge in [-0.05, 0) is 67.1 Å². The Labute approximate surface area is 164 Å². The molecule has 1 atom stereocenters. The van der Waals surface area contributed by atoms with Crippen molar-refractivity contribution in [3.8, 4) is 0 Å². The number of aryl methyl sites for hydroxylation is 2. The van der Waals surface area contributed by atoms with E-state index in [1.54, 1.807) is 18.0 Å². The Morgan fingerprint density at radius 1 is 1.07 bits per heavy atom. The van der Waals surface area contributed by atoms with Crippen molar-refractivity contribution in [2.24, 2.45) is 0 Å². The van der Waals surface area contributed by atoms with Crippen molar-refractivity contribution in [3.05, 3.63) is 89.2 Å². The third kappa shape index (κ3) is 3.91. The first kappa shape index (κ1) is 17.8. The van der Waals surface area contributed by atoms with E-state index in [-0.39, 0.29) is 11.9 Å². The second-order valence-electron chi connectivity index (χ2n) is 6.83. The van der Waals surface area contributed by atoms with Crippen LogP contribution in [0.5, 0.6) is 0 Å². The summed E-state index contributed by atoms with van der Waals surface area (Å²) in [6.45, 7) is 1.92. The molecule has 2 aromatic carbocycles. The van der Waals surface area contributed by atoms with Gasteiger partial charge in [-0.15, -0.1) is 0 Å². The molecule has 27 heavy (non-hydrogen) atoms. The normalized spacial score (nSPS) is 15.8. The first-order valence-electron chi connectivity index (χ1n) is 9.29. The van der Waals surface area contributed by atoms with E-state index in [1.807, 2.05) is 25.1 Å². The number of hydrogen-bond donors (Lipinski definition) is 1. The minimum Gasteiger partial charge on any atom is -0.344 e. The van der Waals surface area contributed by atoms with Crippen molar-refractivity contribution in [2.75, 3.05) is 0 Å². The molecule has 3 nitrogen and oxygen atoms in total. The Kier molecular flexibility index (Phi) is 5.26. The van der Waals surface area contributed by atoms with E-state index in [2.05, 4.69) is 52.8 Å².